The van der Waals surface area contributed by atoms with E-state index in [1.54, 1.807) is 24.3 Å². The van der Waals surface area contributed by atoms with E-state index in [2.05, 4.69) is 16.4 Å². The van der Waals surface area contributed by atoms with Crippen LogP contribution in [0.4, 0.5) is 5.13 Å². The lowest BCUT2D eigenvalue weighted by atomic mass is 10.1. The molecule has 0 atom stereocenters. The van der Waals surface area contributed by atoms with E-state index in [0.29, 0.717) is 43.6 Å². The van der Waals surface area contributed by atoms with Crippen molar-refractivity contribution in [3.05, 3.63) is 35.5 Å². The second-order valence-electron chi connectivity index (χ2n) is 6.55. The van der Waals surface area contributed by atoms with E-state index in [0.717, 1.165) is 15.5 Å². The van der Waals surface area contributed by atoms with E-state index in [-0.39, 0.29) is 17.2 Å². The van der Waals surface area contributed by atoms with Crippen molar-refractivity contribution in [1.29, 1.82) is 5.26 Å². The Morgan fingerprint density at radius 1 is 1.33 bits per heavy atom. The first-order chi connectivity index (χ1) is 14.4. The fraction of sp³-hybridized carbons (Fsp3) is 0.421. The summed E-state index contributed by atoms with van der Waals surface area (Å²) in [5, 5.41) is 12.0. The van der Waals surface area contributed by atoms with Crippen molar-refractivity contribution in [2.75, 3.05) is 37.4 Å². The standard InChI is InChI=1S/C19H22N4O4S3/c1-14-18(28-13-8-20)29-19(21-14)22-17(24)7-4-15-2-5-16(6-3-15)30(25,26)23-9-11-27-12-10-23/h2-3,5-6H,4,7,9-13H2,1H3,(H,21,22,24). The lowest BCUT2D eigenvalue weighted by Crippen LogP contribution is -2.40. The number of hydrogen-bond acceptors (Lipinski definition) is 8. The number of hydrogen-bond donors (Lipinski definition) is 1. The molecule has 1 saturated heterocycles. The molecule has 0 saturated carbocycles. The number of ether oxygens (including phenoxy) is 1. The SMILES string of the molecule is Cc1nc(NC(=O)CCc2ccc(S(=O)(=O)N3CCOCC3)cc2)sc1SCC#N. The Balaban J connectivity index is 1.53. The number of nitrogens with zero attached hydrogens (tertiary/aromatic N) is 3. The Bertz CT molecular complexity index is 1020. The molecule has 8 nitrogen and oxygen atoms in total. The summed E-state index contributed by atoms with van der Waals surface area (Å²) in [5.74, 6) is 0.179. The molecule has 1 aliphatic rings. The van der Waals surface area contributed by atoms with Crippen LogP contribution in [0.1, 0.15) is 17.7 Å². The summed E-state index contributed by atoms with van der Waals surface area (Å²) in [6.07, 6.45) is 0.749. The van der Waals surface area contributed by atoms with Gasteiger partial charge in [0, 0.05) is 19.5 Å². The summed E-state index contributed by atoms with van der Waals surface area (Å²) in [5.41, 5.74) is 1.68. The number of thiazole rings is 1. The van der Waals surface area contributed by atoms with Crippen LogP contribution < -0.4 is 5.32 Å². The highest BCUT2D eigenvalue weighted by Gasteiger charge is 2.26. The quantitative estimate of drug-likeness (QED) is 0.595. The number of benzene rings is 1. The average molecular weight is 467 g/mol. The van der Waals surface area contributed by atoms with E-state index in [9.17, 15) is 13.2 Å². The van der Waals surface area contributed by atoms with Gasteiger partial charge in [-0.1, -0.05) is 35.2 Å². The van der Waals surface area contributed by atoms with E-state index in [1.165, 1.54) is 27.4 Å². The molecule has 2 aromatic rings. The third-order valence-electron chi connectivity index (χ3n) is 4.44. The topological polar surface area (TPSA) is 112 Å². The Morgan fingerprint density at radius 3 is 2.70 bits per heavy atom. The molecule has 1 amide bonds. The average Bonchev–Trinajstić information content (AvgIpc) is 3.10. The van der Waals surface area contributed by atoms with Crippen molar-refractivity contribution in [2.24, 2.45) is 0 Å². The van der Waals surface area contributed by atoms with Crippen LogP contribution in [-0.2, 0) is 26.0 Å². The maximum Gasteiger partial charge on any atom is 0.243 e. The first kappa shape index (κ1) is 22.7. The van der Waals surface area contributed by atoms with Gasteiger partial charge in [0.1, 0.15) is 0 Å². The highest BCUT2D eigenvalue weighted by atomic mass is 32.2. The van der Waals surface area contributed by atoms with Crippen LogP contribution in [0.25, 0.3) is 0 Å². The number of rotatable bonds is 8. The fourth-order valence-corrected chi connectivity index (χ4v) is 6.10. The predicted molar refractivity (Wildman–Crippen MR) is 116 cm³/mol. The Kier molecular flexibility index (Phi) is 7.85. The fourth-order valence-electron chi connectivity index (χ4n) is 2.87. The Morgan fingerprint density at radius 2 is 2.03 bits per heavy atom. The van der Waals surface area contributed by atoms with Gasteiger partial charge in [-0.25, -0.2) is 13.4 Å². The summed E-state index contributed by atoms with van der Waals surface area (Å²) in [6, 6.07) is 8.72. The third kappa shape index (κ3) is 5.80. The summed E-state index contributed by atoms with van der Waals surface area (Å²) in [4.78, 5) is 16.8. The molecule has 0 unspecified atom stereocenters. The van der Waals surface area contributed by atoms with Crippen molar-refractivity contribution < 1.29 is 17.9 Å². The van der Waals surface area contributed by atoms with Crippen LogP contribution in [0, 0.1) is 18.3 Å². The molecule has 1 fully saturated rings. The number of anilines is 1. The van der Waals surface area contributed by atoms with Crippen LogP contribution in [0.5, 0.6) is 0 Å². The number of thioether (sulfide) groups is 1. The second kappa shape index (κ2) is 10.4. The van der Waals surface area contributed by atoms with Crippen LogP contribution in [0.15, 0.2) is 33.4 Å². The van der Waals surface area contributed by atoms with Crippen molar-refractivity contribution in [3.8, 4) is 6.07 Å². The lowest BCUT2D eigenvalue weighted by molar-refractivity contribution is -0.116. The highest BCUT2D eigenvalue weighted by molar-refractivity contribution is 8.01. The molecular weight excluding hydrogens is 444 g/mol. The number of carbonyl (C=O) groups is 1. The van der Waals surface area contributed by atoms with Gasteiger partial charge in [0.25, 0.3) is 0 Å². The minimum atomic E-state index is -3.51. The summed E-state index contributed by atoms with van der Waals surface area (Å²) in [6.45, 7) is 3.37. The Hall–Kier alpha value is -1.97. The number of sulfonamides is 1. The first-order valence-electron chi connectivity index (χ1n) is 9.34. The predicted octanol–water partition coefficient (Wildman–Crippen LogP) is 2.66. The molecule has 0 spiro atoms. The Labute approximate surface area is 184 Å². The molecule has 30 heavy (non-hydrogen) atoms. The molecule has 1 aromatic carbocycles. The summed E-state index contributed by atoms with van der Waals surface area (Å²) >= 11 is 2.76. The monoisotopic (exact) mass is 466 g/mol. The number of carbonyl (C=O) groups excluding carboxylic acids is 1. The maximum atomic E-state index is 12.6. The van der Waals surface area contributed by atoms with Crippen LogP contribution in [0.3, 0.4) is 0 Å². The minimum Gasteiger partial charge on any atom is -0.379 e. The number of amides is 1. The van der Waals surface area contributed by atoms with Gasteiger partial charge >= 0.3 is 0 Å². The molecule has 2 heterocycles. The van der Waals surface area contributed by atoms with Crippen molar-refractivity contribution in [2.45, 2.75) is 28.9 Å². The second-order valence-corrected chi connectivity index (χ2v) is 10.7. The lowest BCUT2D eigenvalue weighted by Gasteiger charge is -2.26. The maximum absolute atomic E-state index is 12.6. The first-order valence-corrected chi connectivity index (χ1v) is 12.6. The van der Waals surface area contributed by atoms with Crippen molar-refractivity contribution in [1.82, 2.24) is 9.29 Å². The minimum absolute atomic E-state index is 0.161. The molecule has 1 N–H and O–H groups in total. The zero-order chi connectivity index (χ0) is 21.6. The van der Waals surface area contributed by atoms with Gasteiger partial charge in [0.2, 0.25) is 15.9 Å². The number of aromatic nitrogens is 1. The van der Waals surface area contributed by atoms with Gasteiger partial charge in [0.05, 0.1) is 39.8 Å². The van der Waals surface area contributed by atoms with E-state index in [4.69, 9.17) is 10.00 Å². The zero-order valence-corrected chi connectivity index (χ0v) is 18.9. The van der Waals surface area contributed by atoms with Crippen molar-refractivity contribution >= 4 is 44.2 Å². The smallest absolute Gasteiger partial charge is 0.243 e. The van der Waals surface area contributed by atoms with Crippen molar-refractivity contribution in [3.63, 3.8) is 0 Å². The molecule has 3 rings (SSSR count). The molecule has 0 aliphatic carbocycles. The van der Waals surface area contributed by atoms with Crippen LogP contribution in [0.2, 0.25) is 0 Å². The molecule has 0 bridgehead atoms. The van der Waals surface area contributed by atoms with Gasteiger partial charge in [-0.05, 0) is 31.0 Å². The number of morpholine rings is 1. The molecule has 1 aromatic heterocycles. The molecule has 0 radical (unpaired) electrons. The summed E-state index contributed by atoms with van der Waals surface area (Å²) < 4.78 is 32.8. The van der Waals surface area contributed by atoms with Gasteiger partial charge in [-0.3, -0.25) is 4.79 Å². The molecular formula is C19H22N4O4S3. The number of nitrogens with one attached hydrogen (secondary N) is 1. The van der Waals surface area contributed by atoms with Crippen LogP contribution in [-0.4, -0.2) is 55.7 Å². The highest BCUT2D eigenvalue weighted by Crippen LogP contribution is 2.31. The van der Waals surface area contributed by atoms with Gasteiger partial charge in [-0.2, -0.15) is 9.57 Å². The molecule has 1 aliphatic heterocycles. The molecule has 11 heteroatoms. The van der Waals surface area contributed by atoms with E-state index < -0.39 is 10.0 Å². The van der Waals surface area contributed by atoms with Gasteiger partial charge < -0.3 is 10.1 Å². The van der Waals surface area contributed by atoms with Crippen LogP contribution >= 0.6 is 23.1 Å². The summed E-state index contributed by atoms with van der Waals surface area (Å²) in [7, 11) is -3.51. The molecule has 160 valence electrons. The number of aryl methyl sites for hydroxylation is 2. The van der Waals surface area contributed by atoms with Gasteiger partial charge in [0.15, 0.2) is 5.13 Å². The largest absolute Gasteiger partial charge is 0.379 e. The van der Waals surface area contributed by atoms with E-state index in [1.807, 2.05) is 6.92 Å². The van der Waals surface area contributed by atoms with Gasteiger partial charge in [-0.15, -0.1) is 0 Å². The van der Waals surface area contributed by atoms with E-state index >= 15 is 0 Å². The third-order valence-corrected chi connectivity index (χ3v) is 8.66. The number of nitriles is 1. The zero-order valence-electron chi connectivity index (χ0n) is 16.5. The normalized spacial score (nSPS) is 14.9.